The average Bonchev–Trinajstić information content (AvgIpc) is 2.49. The zero-order chi connectivity index (χ0) is 16.9. The molecule has 0 aliphatic rings. The predicted molar refractivity (Wildman–Crippen MR) is 83.0 cm³/mol. The molecular formula is C17H17F3N2O. The second-order valence-electron chi connectivity index (χ2n) is 5.21. The van der Waals surface area contributed by atoms with Crippen molar-refractivity contribution in [2.45, 2.75) is 19.6 Å². The second-order valence-corrected chi connectivity index (χ2v) is 5.21. The Labute approximate surface area is 132 Å². The van der Waals surface area contributed by atoms with Gasteiger partial charge in [0.25, 0.3) is 0 Å². The highest BCUT2D eigenvalue weighted by Crippen LogP contribution is 2.29. The molecule has 2 rings (SSSR count). The lowest BCUT2D eigenvalue weighted by Crippen LogP contribution is -2.27. The number of anilines is 1. The Balaban J connectivity index is 1.79. The van der Waals surface area contributed by atoms with Crippen molar-refractivity contribution in [1.82, 2.24) is 5.32 Å². The van der Waals surface area contributed by atoms with Crippen LogP contribution in [0.1, 0.15) is 16.7 Å². The first-order valence-electron chi connectivity index (χ1n) is 7.08. The van der Waals surface area contributed by atoms with Crippen molar-refractivity contribution in [3.63, 3.8) is 0 Å². The van der Waals surface area contributed by atoms with Crippen LogP contribution >= 0.6 is 0 Å². The number of hydrogen-bond acceptors (Lipinski definition) is 2. The van der Waals surface area contributed by atoms with Gasteiger partial charge >= 0.3 is 6.18 Å². The quantitative estimate of drug-likeness (QED) is 0.880. The molecule has 2 aromatic carbocycles. The largest absolute Gasteiger partial charge is 0.416 e. The Bertz CT molecular complexity index is 649. The number of alkyl halides is 3. The minimum atomic E-state index is -4.38. The van der Waals surface area contributed by atoms with Crippen molar-refractivity contribution >= 4 is 11.6 Å². The number of halogens is 3. The summed E-state index contributed by atoms with van der Waals surface area (Å²) in [6.07, 6.45) is -4.38. The van der Waals surface area contributed by atoms with E-state index >= 15 is 0 Å². The Morgan fingerprint density at radius 3 is 2.17 bits per heavy atom. The summed E-state index contributed by atoms with van der Waals surface area (Å²) < 4.78 is 37.3. The number of hydrogen-bond donors (Lipinski definition) is 2. The van der Waals surface area contributed by atoms with Gasteiger partial charge in [-0.15, -0.1) is 0 Å². The topological polar surface area (TPSA) is 41.1 Å². The van der Waals surface area contributed by atoms with Crippen LogP contribution in [0, 0.1) is 6.92 Å². The normalized spacial score (nSPS) is 11.3. The van der Waals surface area contributed by atoms with Crippen LogP contribution in [-0.2, 0) is 17.5 Å². The van der Waals surface area contributed by atoms with Gasteiger partial charge in [0.2, 0.25) is 5.91 Å². The van der Waals surface area contributed by atoms with E-state index in [0.29, 0.717) is 12.2 Å². The van der Waals surface area contributed by atoms with E-state index in [1.807, 2.05) is 31.2 Å². The number of carbonyl (C=O) groups is 1. The van der Waals surface area contributed by atoms with Gasteiger partial charge in [-0.05, 0) is 36.8 Å². The molecule has 0 radical (unpaired) electrons. The number of aryl methyl sites for hydroxylation is 1. The van der Waals surface area contributed by atoms with Crippen LogP contribution in [0.15, 0.2) is 48.5 Å². The Morgan fingerprint density at radius 2 is 1.61 bits per heavy atom. The third-order valence-electron chi connectivity index (χ3n) is 3.23. The monoisotopic (exact) mass is 322 g/mol. The maximum atomic E-state index is 12.4. The van der Waals surface area contributed by atoms with E-state index < -0.39 is 11.7 Å². The van der Waals surface area contributed by atoms with E-state index in [-0.39, 0.29) is 12.5 Å². The van der Waals surface area contributed by atoms with E-state index in [0.717, 1.165) is 23.3 Å². The third kappa shape index (κ3) is 5.41. The van der Waals surface area contributed by atoms with Crippen LogP contribution < -0.4 is 10.6 Å². The Hall–Kier alpha value is -2.34. The standard InChI is InChI=1S/C17H17F3N2O/c1-12-2-4-13(5-3-12)10-21-11-16(23)22-15-8-6-14(7-9-15)17(18,19)20/h2-9,21H,10-11H2,1H3,(H,22,23). The molecule has 0 heterocycles. The SMILES string of the molecule is Cc1ccc(CNCC(=O)Nc2ccc(C(F)(F)F)cc2)cc1. The van der Waals surface area contributed by atoms with Gasteiger partial charge in [0.05, 0.1) is 12.1 Å². The summed E-state index contributed by atoms with van der Waals surface area (Å²) in [5, 5.41) is 5.53. The fourth-order valence-corrected chi connectivity index (χ4v) is 1.97. The smallest absolute Gasteiger partial charge is 0.325 e. The number of nitrogens with one attached hydrogen (secondary N) is 2. The van der Waals surface area contributed by atoms with Gasteiger partial charge in [-0.1, -0.05) is 29.8 Å². The number of carbonyl (C=O) groups excluding carboxylic acids is 1. The first-order valence-corrected chi connectivity index (χ1v) is 7.08. The molecule has 0 saturated carbocycles. The molecule has 2 N–H and O–H groups in total. The molecule has 1 amide bonds. The lowest BCUT2D eigenvalue weighted by molar-refractivity contribution is -0.137. The molecule has 0 unspecified atom stereocenters. The van der Waals surface area contributed by atoms with Crippen LogP contribution in [0.25, 0.3) is 0 Å². The van der Waals surface area contributed by atoms with E-state index in [9.17, 15) is 18.0 Å². The van der Waals surface area contributed by atoms with E-state index in [2.05, 4.69) is 10.6 Å². The molecule has 3 nitrogen and oxygen atoms in total. The maximum absolute atomic E-state index is 12.4. The molecule has 0 bridgehead atoms. The van der Waals surface area contributed by atoms with Crippen LogP contribution in [0.5, 0.6) is 0 Å². The fraction of sp³-hybridized carbons (Fsp3) is 0.235. The lowest BCUT2D eigenvalue weighted by atomic mass is 10.1. The zero-order valence-electron chi connectivity index (χ0n) is 12.6. The zero-order valence-corrected chi connectivity index (χ0v) is 12.6. The number of amides is 1. The van der Waals surface area contributed by atoms with Crippen LogP contribution in [0.2, 0.25) is 0 Å². The first kappa shape index (κ1) is 17.0. The van der Waals surface area contributed by atoms with E-state index in [1.165, 1.54) is 12.1 Å². The predicted octanol–water partition coefficient (Wildman–Crippen LogP) is 3.74. The number of benzene rings is 2. The van der Waals surface area contributed by atoms with Crippen molar-refractivity contribution in [2.75, 3.05) is 11.9 Å². The van der Waals surface area contributed by atoms with Crippen LogP contribution in [-0.4, -0.2) is 12.5 Å². The maximum Gasteiger partial charge on any atom is 0.416 e. The van der Waals surface area contributed by atoms with Gasteiger partial charge in [-0.2, -0.15) is 13.2 Å². The third-order valence-corrected chi connectivity index (χ3v) is 3.23. The summed E-state index contributed by atoms with van der Waals surface area (Å²) in [6, 6.07) is 12.3. The summed E-state index contributed by atoms with van der Waals surface area (Å²) in [5.74, 6) is -0.308. The molecule has 6 heteroatoms. The highest BCUT2D eigenvalue weighted by Gasteiger charge is 2.29. The fourth-order valence-electron chi connectivity index (χ4n) is 1.97. The van der Waals surface area contributed by atoms with Gasteiger partial charge in [-0.3, -0.25) is 4.79 Å². The second kappa shape index (κ2) is 7.28. The molecule has 0 aliphatic carbocycles. The van der Waals surface area contributed by atoms with Gasteiger partial charge in [-0.25, -0.2) is 0 Å². The summed E-state index contributed by atoms with van der Waals surface area (Å²) >= 11 is 0. The van der Waals surface area contributed by atoms with Crippen molar-refractivity contribution in [1.29, 1.82) is 0 Å². The minimum absolute atomic E-state index is 0.0783. The average molecular weight is 322 g/mol. The van der Waals surface area contributed by atoms with Crippen molar-refractivity contribution in [2.24, 2.45) is 0 Å². The van der Waals surface area contributed by atoms with Gasteiger partial charge < -0.3 is 10.6 Å². The molecule has 122 valence electrons. The van der Waals surface area contributed by atoms with Crippen LogP contribution in [0.3, 0.4) is 0 Å². The van der Waals surface area contributed by atoms with E-state index in [1.54, 1.807) is 0 Å². The van der Waals surface area contributed by atoms with Crippen molar-refractivity contribution in [3.05, 3.63) is 65.2 Å². The highest BCUT2D eigenvalue weighted by molar-refractivity contribution is 5.92. The molecule has 0 spiro atoms. The Kier molecular flexibility index (Phi) is 5.39. The van der Waals surface area contributed by atoms with E-state index in [4.69, 9.17) is 0 Å². The summed E-state index contributed by atoms with van der Waals surface area (Å²) in [7, 11) is 0. The molecular weight excluding hydrogens is 305 g/mol. The molecule has 0 aliphatic heterocycles. The summed E-state index contributed by atoms with van der Waals surface area (Å²) in [6.45, 7) is 2.62. The first-order chi connectivity index (χ1) is 10.8. The molecule has 0 atom stereocenters. The summed E-state index contributed by atoms with van der Waals surface area (Å²) in [4.78, 5) is 11.7. The van der Waals surface area contributed by atoms with Gasteiger partial charge in [0.15, 0.2) is 0 Å². The Morgan fingerprint density at radius 1 is 1.00 bits per heavy atom. The van der Waals surface area contributed by atoms with Crippen LogP contribution in [0.4, 0.5) is 18.9 Å². The molecule has 2 aromatic rings. The molecule has 0 aromatic heterocycles. The van der Waals surface area contributed by atoms with Crippen molar-refractivity contribution < 1.29 is 18.0 Å². The van der Waals surface area contributed by atoms with Gasteiger partial charge in [0, 0.05) is 12.2 Å². The molecule has 0 fully saturated rings. The van der Waals surface area contributed by atoms with Crippen molar-refractivity contribution in [3.8, 4) is 0 Å². The molecule has 0 saturated heterocycles. The summed E-state index contributed by atoms with van der Waals surface area (Å²) in [5.41, 5.74) is 1.81. The minimum Gasteiger partial charge on any atom is -0.325 e. The molecule has 23 heavy (non-hydrogen) atoms. The highest BCUT2D eigenvalue weighted by atomic mass is 19.4. The lowest BCUT2D eigenvalue weighted by Gasteiger charge is -2.09. The van der Waals surface area contributed by atoms with Gasteiger partial charge in [0.1, 0.15) is 0 Å². The number of rotatable bonds is 5.